The minimum atomic E-state index is -0.832. The molecule has 1 aromatic rings. The Bertz CT molecular complexity index is 942. The summed E-state index contributed by atoms with van der Waals surface area (Å²) < 4.78 is 10.7. The number of methoxy groups -OCH3 is 1. The average Bonchev–Trinajstić information content (AvgIpc) is 3.10. The van der Waals surface area contributed by atoms with Gasteiger partial charge in [-0.2, -0.15) is 0 Å². The molecule has 0 N–H and O–H groups in total. The Kier molecular flexibility index (Phi) is 7.72. The van der Waals surface area contributed by atoms with Crippen molar-refractivity contribution in [2.75, 3.05) is 19.5 Å². The van der Waals surface area contributed by atoms with Crippen LogP contribution in [0.5, 0.6) is 0 Å². The first kappa shape index (κ1) is 23.3. The largest absolute Gasteiger partial charge is 0.466 e. The summed E-state index contributed by atoms with van der Waals surface area (Å²) in [6.07, 6.45) is 5.18. The molecule has 7 nitrogen and oxygen atoms in total. The molecule has 2 unspecified atom stereocenters. The van der Waals surface area contributed by atoms with E-state index in [0.29, 0.717) is 12.0 Å². The first-order valence-corrected chi connectivity index (χ1v) is 11.5. The number of benzene rings is 1. The molecule has 2 heterocycles. The maximum Gasteiger partial charge on any atom is 0.334 e. The summed E-state index contributed by atoms with van der Waals surface area (Å²) in [5.41, 5.74) is 0.441. The molecule has 2 aliphatic rings. The van der Waals surface area contributed by atoms with Crippen molar-refractivity contribution in [2.45, 2.75) is 25.4 Å². The lowest BCUT2D eigenvalue weighted by Gasteiger charge is -2.44. The highest BCUT2D eigenvalue weighted by Gasteiger charge is 2.55. The Hall–Kier alpha value is -2.39. The molecule has 0 radical (unpaired) electrons. The standard InChI is InChI=1S/C22H22BrNO6S/c1-3-31-18-11-16-15(5-4-6-19(26)29-2)21(27)24(16)20(18)22(28)30-12-17(25)13-7-9-14(23)10-8-13/h4,6-11,15-16,20H,3,5,12H2,1-2H3/b6-4+/t15?,16?,20-/m0/s1. The lowest BCUT2D eigenvalue weighted by Crippen LogP contribution is -2.62. The minimum Gasteiger partial charge on any atom is -0.466 e. The Balaban J connectivity index is 1.64. The van der Waals surface area contributed by atoms with Gasteiger partial charge in [0.15, 0.2) is 18.4 Å². The van der Waals surface area contributed by atoms with Gasteiger partial charge >= 0.3 is 11.9 Å². The summed E-state index contributed by atoms with van der Waals surface area (Å²) in [7, 11) is 1.29. The molecule has 0 aliphatic carbocycles. The third-order valence-electron chi connectivity index (χ3n) is 5.08. The number of amides is 1. The number of allylic oxidation sites excluding steroid dienone is 1. The van der Waals surface area contributed by atoms with Crippen molar-refractivity contribution in [3.8, 4) is 0 Å². The van der Waals surface area contributed by atoms with Crippen molar-refractivity contribution in [2.24, 2.45) is 5.92 Å². The van der Waals surface area contributed by atoms with E-state index in [1.54, 1.807) is 30.3 Å². The molecule has 164 valence electrons. The monoisotopic (exact) mass is 507 g/mol. The molecule has 3 rings (SSSR count). The molecule has 1 fully saturated rings. The molecule has 3 atom stereocenters. The summed E-state index contributed by atoms with van der Waals surface area (Å²) in [5, 5.41) is 0. The fourth-order valence-electron chi connectivity index (χ4n) is 3.57. The van der Waals surface area contributed by atoms with E-state index >= 15 is 0 Å². The Labute approximate surface area is 193 Å². The van der Waals surface area contributed by atoms with Crippen LogP contribution in [0.4, 0.5) is 0 Å². The van der Waals surface area contributed by atoms with E-state index in [0.717, 1.165) is 15.1 Å². The Morgan fingerprint density at radius 2 is 1.94 bits per heavy atom. The lowest BCUT2D eigenvalue weighted by molar-refractivity contribution is -0.164. The summed E-state index contributed by atoms with van der Waals surface area (Å²) >= 11 is 4.78. The minimum absolute atomic E-state index is 0.177. The quantitative estimate of drug-likeness (QED) is 0.219. The molecular weight excluding hydrogens is 486 g/mol. The summed E-state index contributed by atoms with van der Waals surface area (Å²) in [6, 6.07) is 5.71. The van der Waals surface area contributed by atoms with Gasteiger partial charge in [0.1, 0.15) is 0 Å². The maximum atomic E-state index is 12.8. The highest BCUT2D eigenvalue weighted by atomic mass is 79.9. The van der Waals surface area contributed by atoms with Crippen molar-refractivity contribution in [1.82, 2.24) is 4.90 Å². The summed E-state index contributed by atoms with van der Waals surface area (Å²) in [4.78, 5) is 51.3. The van der Waals surface area contributed by atoms with Crippen molar-refractivity contribution in [3.63, 3.8) is 0 Å². The Morgan fingerprint density at radius 3 is 2.58 bits per heavy atom. The van der Waals surface area contributed by atoms with Crippen molar-refractivity contribution in [3.05, 3.63) is 57.4 Å². The fourth-order valence-corrected chi connectivity index (χ4v) is 4.77. The second-order valence-corrected chi connectivity index (χ2v) is 9.20. The zero-order chi connectivity index (χ0) is 22.5. The number of hydrogen-bond acceptors (Lipinski definition) is 7. The Morgan fingerprint density at radius 1 is 1.23 bits per heavy atom. The van der Waals surface area contributed by atoms with Gasteiger partial charge in [-0.1, -0.05) is 41.1 Å². The number of halogens is 1. The number of carbonyl (C=O) groups is 4. The van der Waals surface area contributed by atoms with Gasteiger partial charge in [-0.3, -0.25) is 9.59 Å². The van der Waals surface area contributed by atoms with E-state index in [9.17, 15) is 19.2 Å². The molecule has 0 saturated carbocycles. The van der Waals surface area contributed by atoms with Crippen LogP contribution in [0.25, 0.3) is 0 Å². The van der Waals surface area contributed by atoms with Crippen LogP contribution < -0.4 is 0 Å². The van der Waals surface area contributed by atoms with Gasteiger partial charge in [-0.25, -0.2) is 9.59 Å². The number of carbonyl (C=O) groups excluding carboxylic acids is 4. The molecule has 1 amide bonds. The van der Waals surface area contributed by atoms with Crippen molar-refractivity contribution in [1.29, 1.82) is 0 Å². The van der Waals surface area contributed by atoms with Gasteiger partial charge in [0.2, 0.25) is 5.91 Å². The molecule has 0 bridgehead atoms. The molecule has 1 saturated heterocycles. The number of ether oxygens (including phenoxy) is 2. The van der Waals surface area contributed by atoms with Gasteiger partial charge in [0.25, 0.3) is 0 Å². The summed E-state index contributed by atoms with van der Waals surface area (Å²) in [6.45, 7) is 1.57. The van der Waals surface area contributed by atoms with E-state index in [2.05, 4.69) is 20.7 Å². The molecule has 9 heteroatoms. The van der Waals surface area contributed by atoms with Gasteiger partial charge in [0.05, 0.1) is 19.1 Å². The highest BCUT2D eigenvalue weighted by Crippen LogP contribution is 2.44. The van der Waals surface area contributed by atoms with E-state index in [1.165, 1.54) is 29.8 Å². The number of Topliss-reactive ketones (excluding diaryl/α,β-unsaturated/α-hetero) is 1. The number of thioether (sulfide) groups is 1. The van der Waals surface area contributed by atoms with Gasteiger partial charge in [0, 0.05) is 21.0 Å². The second-order valence-electron chi connectivity index (χ2n) is 6.95. The van der Waals surface area contributed by atoms with E-state index < -0.39 is 18.0 Å². The SMILES string of the molecule is CCSC1=CC2C(C/C=C/C(=O)OC)C(=O)N2[C@@H]1C(=O)OCC(=O)c1ccc(Br)cc1. The van der Waals surface area contributed by atoms with Crippen LogP contribution in [-0.4, -0.2) is 60.1 Å². The molecular formula is C22H22BrNO6S. The maximum absolute atomic E-state index is 12.8. The van der Waals surface area contributed by atoms with E-state index in [-0.39, 0.29) is 30.3 Å². The normalized spacial score (nSPS) is 22.0. The number of β-lactam (4-membered cyclic amide) rings is 1. The van der Waals surface area contributed by atoms with Crippen molar-refractivity contribution < 1.29 is 28.7 Å². The van der Waals surface area contributed by atoms with Gasteiger partial charge < -0.3 is 14.4 Å². The number of fused-ring (bicyclic) bond motifs is 1. The topological polar surface area (TPSA) is 90.0 Å². The van der Waals surface area contributed by atoms with Crippen LogP contribution in [0.15, 0.2) is 51.9 Å². The zero-order valence-electron chi connectivity index (χ0n) is 17.1. The molecule has 1 aromatic carbocycles. The van der Waals surface area contributed by atoms with E-state index in [1.807, 2.05) is 13.0 Å². The molecule has 0 aromatic heterocycles. The van der Waals surface area contributed by atoms with Crippen LogP contribution in [0.3, 0.4) is 0 Å². The van der Waals surface area contributed by atoms with Gasteiger partial charge in [-0.15, -0.1) is 11.8 Å². The zero-order valence-corrected chi connectivity index (χ0v) is 19.5. The highest BCUT2D eigenvalue weighted by molar-refractivity contribution is 9.10. The third kappa shape index (κ3) is 5.10. The van der Waals surface area contributed by atoms with Crippen LogP contribution in [0, 0.1) is 5.92 Å². The van der Waals surface area contributed by atoms with Gasteiger partial charge in [-0.05, 0) is 30.4 Å². The number of rotatable bonds is 9. The lowest BCUT2D eigenvalue weighted by atomic mass is 9.86. The molecule has 0 spiro atoms. The first-order valence-electron chi connectivity index (χ1n) is 9.74. The summed E-state index contributed by atoms with van der Waals surface area (Å²) in [5.74, 6) is -1.19. The number of ketones is 1. The van der Waals surface area contributed by atoms with Crippen LogP contribution >= 0.6 is 27.7 Å². The van der Waals surface area contributed by atoms with Crippen LogP contribution in [0.2, 0.25) is 0 Å². The van der Waals surface area contributed by atoms with Crippen LogP contribution in [-0.2, 0) is 23.9 Å². The predicted molar refractivity (Wildman–Crippen MR) is 119 cm³/mol. The van der Waals surface area contributed by atoms with Crippen LogP contribution in [0.1, 0.15) is 23.7 Å². The molecule has 2 aliphatic heterocycles. The fraction of sp³-hybridized carbons (Fsp3) is 0.364. The average molecular weight is 508 g/mol. The first-order chi connectivity index (χ1) is 14.9. The third-order valence-corrected chi connectivity index (χ3v) is 6.59. The van der Waals surface area contributed by atoms with Crippen molar-refractivity contribution >= 4 is 51.3 Å². The predicted octanol–water partition coefficient (Wildman–Crippen LogP) is 3.14. The number of nitrogens with zero attached hydrogens (tertiary/aromatic N) is 1. The van der Waals surface area contributed by atoms with E-state index in [4.69, 9.17) is 4.74 Å². The smallest absolute Gasteiger partial charge is 0.334 e. The molecule has 31 heavy (non-hydrogen) atoms. The second kappa shape index (κ2) is 10.3. The number of hydrogen-bond donors (Lipinski definition) is 0. The number of esters is 2.